The second kappa shape index (κ2) is 6.04. The molecule has 0 saturated carbocycles. The molecular weight excluding hydrogens is 268 g/mol. The normalized spacial score (nSPS) is 10.0. The average molecular weight is 284 g/mol. The molecule has 4 N–H and O–H groups in total. The minimum atomic E-state index is -0.318. The van der Waals surface area contributed by atoms with Crippen molar-refractivity contribution in [3.05, 3.63) is 47.8 Å². The number of nitrogens with one attached hydrogen (secondary N) is 2. The zero-order valence-electron chi connectivity index (χ0n) is 11.8. The van der Waals surface area contributed by atoms with Crippen molar-refractivity contribution < 1.29 is 9.59 Å². The summed E-state index contributed by atoms with van der Waals surface area (Å²) in [5, 5.41) is 5.46. The van der Waals surface area contributed by atoms with E-state index in [4.69, 9.17) is 5.73 Å². The third kappa shape index (κ3) is 3.79. The number of benzene rings is 1. The Morgan fingerprint density at radius 1 is 1.14 bits per heavy atom. The number of nitrogen functional groups attached to an aromatic ring is 1. The topological polar surface area (TPSA) is 97.1 Å². The van der Waals surface area contributed by atoms with E-state index in [1.165, 1.54) is 13.1 Å². The molecule has 0 aliphatic heterocycles. The molecule has 0 saturated heterocycles. The van der Waals surface area contributed by atoms with Crippen LogP contribution in [0.25, 0.3) is 0 Å². The molecule has 21 heavy (non-hydrogen) atoms. The predicted molar refractivity (Wildman–Crippen MR) is 82.1 cm³/mol. The lowest BCUT2D eigenvalue weighted by Crippen LogP contribution is -2.14. The van der Waals surface area contributed by atoms with Gasteiger partial charge in [0.15, 0.2) is 0 Å². The van der Waals surface area contributed by atoms with Crippen molar-refractivity contribution >= 4 is 28.9 Å². The molecule has 0 radical (unpaired) electrons. The molecule has 0 atom stereocenters. The number of aryl methyl sites for hydroxylation is 1. The van der Waals surface area contributed by atoms with E-state index in [9.17, 15) is 9.59 Å². The van der Waals surface area contributed by atoms with Crippen molar-refractivity contribution in [1.82, 2.24) is 4.98 Å². The Labute approximate surface area is 122 Å². The van der Waals surface area contributed by atoms with Crippen LogP contribution in [0, 0.1) is 6.92 Å². The van der Waals surface area contributed by atoms with Crippen molar-refractivity contribution in [3.8, 4) is 0 Å². The molecule has 2 amide bonds. The number of carbonyl (C=O) groups excluding carboxylic acids is 2. The van der Waals surface area contributed by atoms with E-state index in [2.05, 4.69) is 15.6 Å². The number of nitrogens with two attached hydrogens (primary N) is 1. The fourth-order valence-corrected chi connectivity index (χ4v) is 1.81. The highest BCUT2D eigenvalue weighted by Crippen LogP contribution is 2.20. The number of pyridine rings is 1. The number of nitrogens with zero attached hydrogens (tertiary/aromatic N) is 1. The minimum absolute atomic E-state index is 0.138. The van der Waals surface area contributed by atoms with Crippen LogP contribution in [0.5, 0.6) is 0 Å². The van der Waals surface area contributed by atoms with Crippen molar-refractivity contribution in [2.75, 3.05) is 16.4 Å². The Bertz CT molecular complexity index is 681. The van der Waals surface area contributed by atoms with Crippen LogP contribution < -0.4 is 16.4 Å². The maximum atomic E-state index is 12.0. The molecule has 0 aliphatic carbocycles. The molecule has 1 heterocycles. The van der Waals surface area contributed by atoms with Gasteiger partial charge in [0.25, 0.3) is 5.91 Å². The van der Waals surface area contributed by atoms with Gasteiger partial charge in [0.1, 0.15) is 5.69 Å². The fourth-order valence-electron chi connectivity index (χ4n) is 1.81. The Morgan fingerprint density at radius 2 is 1.90 bits per heavy atom. The fraction of sp³-hybridized carbons (Fsp3) is 0.133. The first kappa shape index (κ1) is 14.5. The molecule has 0 unspecified atom stereocenters. The summed E-state index contributed by atoms with van der Waals surface area (Å²) in [7, 11) is 0. The van der Waals surface area contributed by atoms with Gasteiger partial charge in [-0.15, -0.1) is 0 Å². The third-order valence-electron chi connectivity index (χ3n) is 2.81. The summed E-state index contributed by atoms with van der Waals surface area (Å²) in [6, 6.07) is 8.41. The molecule has 1 aromatic heterocycles. The maximum Gasteiger partial charge on any atom is 0.274 e. The number of hydrogen-bond acceptors (Lipinski definition) is 4. The van der Waals surface area contributed by atoms with Gasteiger partial charge in [-0.2, -0.15) is 0 Å². The van der Waals surface area contributed by atoms with Crippen LogP contribution in [0.2, 0.25) is 0 Å². The lowest BCUT2D eigenvalue weighted by atomic mass is 10.1. The zero-order valence-corrected chi connectivity index (χ0v) is 11.8. The Morgan fingerprint density at radius 3 is 2.48 bits per heavy atom. The van der Waals surface area contributed by atoms with Crippen LogP contribution in [0.1, 0.15) is 23.0 Å². The first-order chi connectivity index (χ1) is 9.95. The van der Waals surface area contributed by atoms with Crippen LogP contribution in [0.3, 0.4) is 0 Å². The summed E-state index contributed by atoms with van der Waals surface area (Å²) in [5.41, 5.74) is 8.51. The first-order valence-electron chi connectivity index (χ1n) is 6.37. The Hall–Kier alpha value is -2.89. The van der Waals surface area contributed by atoms with Crippen molar-refractivity contribution in [2.24, 2.45) is 0 Å². The number of hydrogen-bond donors (Lipinski definition) is 3. The number of carbonyl (C=O) groups is 2. The number of aromatic nitrogens is 1. The van der Waals surface area contributed by atoms with Gasteiger partial charge in [-0.05, 0) is 42.8 Å². The minimum Gasteiger partial charge on any atom is -0.397 e. The lowest BCUT2D eigenvalue weighted by Gasteiger charge is -2.10. The van der Waals surface area contributed by atoms with Crippen LogP contribution in [0.15, 0.2) is 36.5 Å². The standard InChI is InChI=1S/C15H16N4O2/c1-9-7-12(4-6-13(9)18-10(2)20)19-15(21)14-5-3-11(16)8-17-14/h3-8H,16H2,1-2H3,(H,18,20)(H,19,21). The van der Waals surface area contributed by atoms with Crippen molar-refractivity contribution in [2.45, 2.75) is 13.8 Å². The van der Waals surface area contributed by atoms with Gasteiger partial charge >= 0.3 is 0 Å². The van der Waals surface area contributed by atoms with Gasteiger partial charge in [0, 0.05) is 18.3 Å². The van der Waals surface area contributed by atoms with Crippen LogP contribution in [-0.2, 0) is 4.79 Å². The van der Waals surface area contributed by atoms with Crippen LogP contribution in [-0.4, -0.2) is 16.8 Å². The summed E-state index contributed by atoms with van der Waals surface area (Å²) in [6.45, 7) is 3.30. The van der Waals surface area contributed by atoms with Crippen molar-refractivity contribution in [3.63, 3.8) is 0 Å². The van der Waals surface area contributed by atoms with E-state index < -0.39 is 0 Å². The molecule has 0 aliphatic rings. The van der Waals surface area contributed by atoms with E-state index in [1.54, 1.807) is 30.3 Å². The van der Waals surface area contributed by atoms with Crippen molar-refractivity contribution in [1.29, 1.82) is 0 Å². The second-order valence-electron chi connectivity index (χ2n) is 4.64. The molecule has 6 heteroatoms. The van der Waals surface area contributed by atoms with Gasteiger partial charge in [-0.25, -0.2) is 4.98 Å². The molecule has 108 valence electrons. The maximum absolute atomic E-state index is 12.0. The monoisotopic (exact) mass is 284 g/mol. The molecule has 6 nitrogen and oxygen atoms in total. The van der Waals surface area contributed by atoms with Gasteiger partial charge in [0.05, 0.1) is 11.9 Å². The van der Waals surface area contributed by atoms with Crippen LogP contribution in [0.4, 0.5) is 17.1 Å². The SMILES string of the molecule is CC(=O)Nc1ccc(NC(=O)c2ccc(N)cn2)cc1C. The Kier molecular flexibility index (Phi) is 4.18. The first-order valence-corrected chi connectivity index (χ1v) is 6.37. The summed E-state index contributed by atoms with van der Waals surface area (Å²) in [5.74, 6) is -0.456. The summed E-state index contributed by atoms with van der Waals surface area (Å²) in [6.07, 6.45) is 1.43. The predicted octanol–water partition coefficient (Wildman–Crippen LogP) is 2.18. The van der Waals surface area contributed by atoms with E-state index in [-0.39, 0.29) is 17.5 Å². The molecule has 0 spiro atoms. The average Bonchev–Trinajstić information content (AvgIpc) is 2.42. The highest BCUT2D eigenvalue weighted by Gasteiger charge is 2.08. The summed E-state index contributed by atoms with van der Waals surface area (Å²) in [4.78, 5) is 27.0. The molecule has 2 rings (SSSR count). The number of rotatable bonds is 3. The largest absolute Gasteiger partial charge is 0.397 e. The van der Waals surface area contributed by atoms with E-state index in [1.807, 2.05) is 6.92 Å². The summed E-state index contributed by atoms with van der Waals surface area (Å²) >= 11 is 0. The third-order valence-corrected chi connectivity index (χ3v) is 2.81. The molecular formula is C15H16N4O2. The van der Waals surface area contributed by atoms with E-state index in [0.717, 1.165) is 5.56 Å². The smallest absolute Gasteiger partial charge is 0.274 e. The summed E-state index contributed by atoms with van der Waals surface area (Å²) < 4.78 is 0. The van der Waals surface area contributed by atoms with Crippen LogP contribution >= 0.6 is 0 Å². The van der Waals surface area contributed by atoms with Gasteiger partial charge in [-0.3, -0.25) is 9.59 Å². The van der Waals surface area contributed by atoms with E-state index >= 15 is 0 Å². The zero-order chi connectivity index (χ0) is 15.4. The quantitative estimate of drug-likeness (QED) is 0.804. The number of amides is 2. The van der Waals surface area contributed by atoms with E-state index in [0.29, 0.717) is 17.1 Å². The lowest BCUT2D eigenvalue weighted by molar-refractivity contribution is -0.114. The molecule has 1 aromatic carbocycles. The van der Waals surface area contributed by atoms with Gasteiger partial charge < -0.3 is 16.4 Å². The molecule has 2 aromatic rings. The molecule has 0 bridgehead atoms. The van der Waals surface area contributed by atoms with Gasteiger partial charge in [0.2, 0.25) is 5.91 Å². The number of anilines is 3. The molecule has 0 fully saturated rings. The Balaban J connectivity index is 2.12. The highest BCUT2D eigenvalue weighted by atomic mass is 16.2. The van der Waals surface area contributed by atoms with Gasteiger partial charge in [-0.1, -0.05) is 0 Å². The highest BCUT2D eigenvalue weighted by molar-refractivity contribution is 6.03. The second-order valence-corrected chi connectivity index (χ2v) is 4.64.